The first-order valence-electron chi connectivity index (χ1n) is 5.95. The Kier molecular flexibility index (Phi) is 3.52. The summed E-state index contributed by atoms with van der Waals surface area (Å²) in [5.41, 5.74) is 5.97. The van der Waals surface area contributed by atoms with Gasteiger partial charge in [-0.1, -0.05) is 0 Å². The molecule has 0 heterocycles. The molecule has 0 aromatic heterocycles. The zero-order valence-electron chi connectivity index (χ0n) is 10.3. The summed E-state index contributed by atoms with van der Waals surface area (Å²) in [5, 5.41) is 2.69. The lowest BCUT2D eigenvalue weighted by molar-refractivity contribution is -0.129. The number of ether oxygens (including phenoxy) is 1. The number of carbonyl (C=O) groups excluding carboxylic acids is 1. The van der Waals surface area contributed by atoms with E-state index in [1.54, 1.807) is 7.11 Å². The van der Waals surface area contributed by atoms with Crippen LogP contribution in [0.15, 0.2) is 18.2 Å². The van der Waals surface area contributed by atoms with Crippen molar-refractivity contribution in [3.8, 4) is 0 Å². The maximum absolute atomic E-state index is 12.9. The van der Waals surface area contributed by atoms with E-state index in [4.69, 9.17) is 10.5 Å². The molecule has 0 bridgehead atoms. The number of anilines is 2. The van der Waals surface area contributed by atoms with Gasteiger partial charge in [0.05, 0.1) is 23.4 Å². The molecule has 5 heteroatoms. The second-order valence-corrected chi connectivity index (χ2v) is 4.70. The molecule has 98 valence electrons. The van der Waals surface area contributed by atoms with Crippen LogP contribution >= 0.6 is 0 Å². The maximum atomic E-state index is 12.9. The second kappa shape index (κ2) is 4.94. The molecule has 1 fully saturated rings. The van der Waals surface area contributed by atoms with E-state index in [0.29, 0.717) is 12.1 Å². The molecule has 4 nitrogen and oxygen atoms in total. The van der Waals surface area contributed by atoms with Crippen LogP contribution in [0.4, 0.5) is 15.8 Å². The summed E-state index contributed by atoms with van der Waals surface area (Å²) >= 11 is 0. The Bertz CT molecular complexity index is 453. The quantitative estimate of drug-likeness (QED) is 0.808. The van der Waals surface area contributed by atoms with Gasteiger partial charge in [0, 0.05) is 7.11 Å². The van der Waals surface area contributed by atoms with Crippen LogP contribution in [0, 0.1) is 5.82 Å². The number of carbonyl (C=O) groups is 1. The molecule has 1 aromatic rings. The molecule has 0 atom stereocenters. The van der Waals surface area contributed by atoms with Crippen molar-refractivity contribution in [2.24, 2.45) is 0 Å². The van der Waals surface area contributed by atoms with Crippen LogP contribution in [0.5, 0.6) is 0 Å². The molecular weight excluding hydrogens is 235 g/mol. The van der Waals surface area contributed by atoms with Crippen molar-refractivity contribution in [1.82, 2.24) is 0 Å². The van der Waals surface area contributed by atoms with E-state index in [-0.39, 0.29) is 17.2 Å². The summed E-state index contributed by atoms with van der Waals surface area (Å²) in [6.45, 7) is 0. The van der Waals surface area contributed by atoms with E-state index in [0.717, 1.165) is 19.3 Å². The molecule has 1 amide bonds. The molecule has 1 saturated carbocycles. The molecule has 0 saturated heterocycles. The van der Waals surface area contributed by atoms with Crippen molar-refractivity contribution < 1.29 is 13.9 Å². The predicted octanol–water partition coefficient (Wildman–Crippen LogP) is 2.31. The van der Waals surface area contributed by atoms with Gasteiger partial charge in [0.15, 0.2) is 0 Å². The lowest BCUT2D eigenvalue weighted by atomic mass is 9.77. The number of hydrogen-bond acceptors (Lipinski definition) is 3. The summed E-state index contributed by atoms with van der Waals surface area (Å²) < 4.78 is 18.2. The number of benzene rings is 1. The number of nitrogen functional groups attached to an aromatic ring is 1. The summed E-state index contributed by atoms with van der Waals surface area (Å²) in [5.74, 6) is -0.576. The van der Waals surface area contributed by atoms with Gasteiger partial charge in [-0.15, -0.1) is 0 Å². The third-order valence-electron chi connectivity index (χ3n) is 3.47. The number of halogens is 1. The molecule has 1 aliphatic rings. The standard InChI is InChI=1S/C13H17FN2O2/c1-18-13(5-2-6-13)8-12(17)16-11-4-3-9(14)7-10(11)15/h3-4,7H,2,5-6,8,15H2,1H3,(H,16,17). The fourth-order valence-electron chi connectivity index (χ4n) is 2.16. The highest BCUT2D eigenvalue weighted by Gasteiger charge is 2.39. The fraction of sp³-hybridized carbons (Fsp3) is 0.462. The highest BCUT2D eigenvalue weighted by molar-refractivity contribution is 5.94. The van der Waals surface area contributed by atoms with E-state index in [2.05, 4.69) is 5.32 Å². The van der Waals surface area contributed by atoms with E-state index in [1.807, 2.05) is 0 Å². The summed E-state index contributed by atoms with van der Waals surface area (Å²) in [4.78, 5) is 11.9. The molecular formula is C13H17FN2O2. The van der Waals surface area contributed by atoms with Gasteiger partial charge in [0.1, 0.15) is 5.82 Å². The minimum absolute atomic E-state index is 0.158. The largest absolute Gasteiger partial charge is 0.397 e. The molecule has 2 rings (SSSR count). The number of amides is 1. The van der Waals surface area contributed by atoms with Gasteiger partial charge >= 0.3 is 0 Å². The average molecular weight is 252 g/mol. The zero-order chi connectivity index (χ0) is 13.2. The Morgan fingerprint density at radius 3 is 2.78 bits per heavy atom. The Hall–Kier alpha value is -1.62. The van der Waals surface area contributed by atoms with Crippen LogP contribution in [0.2, 0.25) is 0 Å². The van der Waals surface area contributed by atoms with Crippen molar-refractivity contribution in [1.29, 1.82) is 0 Å². The van der Waals surface area contributed by atoms with Crippen molar-refractivity contribution >= 4 is 17.3 Å². The van der Waals surface area contributed by atoms with Crippen LogP contribution in [-0.2, 0) is 9.53 Å². The summed E-state index contributed by atoms with van der Waals surface area (Å²) in [7, 11) is 1.62. The molecule has 0 aliphatic heterocycles. The van der Waals surface area contributed by atoms with Crippen LogP contribution in [0.25, 0.3) is 0 Å². The summed E-state index contributed by atoms with van der Waals surface area (Å²) in [6.07, 6.45) is 3.19. The highest BCUT2D eigenvalue weighted by Crippen LogP contribution is 2.38. The molecule has 18 heavy (non-hydrogen) atoms. The summed E-state index contributed by atoms with van der Waals surface area (Å²) in [6, 6.07) is 3.91. The van der Waals surface area contributed by atoms with Gasteiger partial charge in [-0.05, 0) is 37.5 Å². The van der Waals surface area contributed by atoms with E-state index < -0.39 is 5.82 Å². The third kappa shape index (κ3) is 2.61. The van der Waals surface area contributed by atoms with Gasteiger partial charge < -0.3 is 15.8 Å². The van der Waals surface area contributed by atoms with Gasteiger partial charge in [-0.25, -0.2) is 4.39 Å². The van der Waals surface area contributed by atoms with Gasteiger partial charge in [-0.3, -0.25) is 4.79 Å². The first-order valence-corrected chi connectivity index (χ1v) is 5.95. The van der Waals surface area contributed by atoms with E-state index in [9.17, 15) is 9.18 Å². The molecule has 1 aromatic carbocycles. The number of nitrogens with one attached hydrogen (secondary N) is 1. The van der Waals surface area contributed by atoms with Crippen molar-refractivity contribution in [3.63, 3.8) is 0 Å². The Morgan fingerprint density at radius 1 is 1.56 bits per heavy atom. The number of nitrogens with two attached hydrogens (primary N) is 1. The number of rotatable bonds is 4. The zero-order valence-corrected chi connectivity index (χ0v) is 10.3. The molecule has 0 radical (unpaired) electrons. The smallest absolute Gasteiger partial charge is 0.227 e. The molecule has 0 spiro atoms. The number of hydrogen-bond donors (Lipinski definition) is 2. The topological polar surface area (TPSA) is 64.3 Å². The van der Waals surface area contributed by atoms with E-state index >= 15 is 0 Å². The SMILES string of the molecule is COC1(CC(=O)Nc2ccc(F)cc2N)CCC1. The van der Waals surface area contributed by atoms with Crippen LogP contribution < -0.4 is 11.1 Å². The third-order valence-corrected chi connectivity index (χ3v) is 3.47. The molecule has 3 N–H and O–H groups in total. The lowest BCUT2D eigenvalue weighted by Crippen LogP contribution is -2.42. The molecule has 1 aliphatic carbocycles. The van der Waals surface area contributed by atoms with Crippen molar-refractivity contribution in [3.05, 3.63) is 24.0 Å². The lowest BCUT2D eigenvalue weighted by Gasteiger charge is -2.39. The minimum Gasteiger partial charge on any atom is -0.397 e. The van der Waals surface area contributed by atoms with Crippen LogP contribution in [0.3, 0.4) is 0 Å². The minimum atomic E-state index is -0.419. The van der Waals surface area contributed by atoms with Crippen LogP contribution in [0.1, 0.15) is 25.7 Å². The van der Waals surface area contributed by atoms with Crippen molar-refractivity contribution in [2.45, 2.75) is 31.3 Å². The van der Waals surface area contributed by atoms with Crippen LogP contribution in [-0.4, -0.2) is 18.6 Å². The van der Waals surface area contributed by atoms with E-state index in [1.165, 1.54) is 18.2 Å². The predicted molar refractivity (Wildman–Crippen MR) is 67.7 cm³/mol. The fourth-order valence-corrected chi connectivity index (χ4v) is 2.16. The van der Waals surface area contributed by atoms with Crippen molar-refractivity contribution in [2.75, 3.05) is 18.2 Å². The normalized spacial score (nSPS) is 17.0. The van der Waals surface area contributed by atoms with Gasteiger partial charge in [-0.2, -0.15) is 0 Å². The number of methoxy groups -OCH3 is 1. The Labute approximate surface area is 105 Å². The highest BCUT2D eigenvalue weighted by atomic mass is 19.1. The Balaban J connectivity index is 1.98. The second-order valence-electron chi connectivity index (χ2n) is 4.70. The Morgan fingerprint density at radius 2 is 2.28 bits per heavy atom. The average Bonchev–Trinajstić information content (AvgIpc) is 2.27. The van der Waals surface area contributed by atoms with Gasteiger partial charge in [0.25, 0.3) is 0 Å². The first-order chi connectivity index (χ1) is 8.54. The molecule has 0 unspecified atom stereocenters. The monoisotopic (exact) mass is 252 g/mol. The van der Waals surface area contributed by atoms with Gasteiger partial charge in [0.2, 0.25) is 5.91 Å². The maximum Gasteiger partial charge on any atom is 0.227 e. The first kappa shape index (κ1) is 12.8.